The van der Waals surface area contributed by atoms with Gasteiger partial charge in [-0.2, -0.15) is 4.98 Å². The summed E-state index contributed by atoms with van der Waals surface area (Å²) in [7, 11) is 3.06. The highest BCUT2D eigenvalue weighted by molar-refractivity contribution is 8.14. The molecule has 4 heterocycles. The zero-order chi connectivity index (χ0) is 34.5. The van der Waals surface area contributed by atoms with E-state index in [4.69, 9.17) is 23.9 Å². The van der Waals surface area contributed by atoms with Gasteiger partial charge in [0.15, 0.2) is 17.3 Å². The van der Waals surface area contributed by atoms with Crippen LogP contribution in [0.1, 0.15) is 40.7 Å². The highest BCUT2D eigenvalue weighted by Crippen LogP contribution is 2.36. The van der Waals surface area contributed by atoms with Gasteiger partial charge in [0.05, 0.1) is 26.0 Å². The number of nitrogens with one attached hydrogen (secondary N) is 1. The predicted octanol–water partition coefficient (Wildman–Crippen LogP) is 4.34. The normalized spacial score (nSPS) is 16.8. The molecule has 2 aliphatic rings. The monoisotopic (exact) mass is 686 g/mol. The van der Waals surface area contributed by atoms with Crippen molar-refractivity contribution in [3.8, 4) is 11.5 Å². The first-order valence-corrected chi connectivity index (χ1v) is 17.1. The van der Waals surface area contributed by atoms with E-state index < -0.39 is 12.0 Å². The van der Waals surface area contributed by atoms with Gasteiger partial charge < -0.3 is 33.9 Å². The second kappa shape index (κ2) is 15.0. The maximum atomic E-state index is 13.9. The number of piperazine rings is 1. The maximum absolute atomic E-state index is 13.9. The number of amides is 3. The van der Waals surface area contributed by atoms with Gasteiger partial charge in [0.25, 0.3) is 5.91 Å². The van der Waals surface area contributed by atoms with E-state index in [2.05, 4.69) is 5.32 Å². The van der Waals surface area contributed by atoms with Crippen LogP contribution in [0.5, 0.6) is 11.5 Å². The lowest BCUT2D eigenvalue weighted by Crippen LogP contribution is -2.49. The van der Waals surface area contributed by atoms with Gasteiger partial charge in [0, 0.05) is 61.4 Å². The second-order valence-corrected chi connectivity index (χ2v) is 12.9. The molecule has 1 N–H and O–H groups in total. The molecule has 256 valence electrons. The fourth-order valence-electron chi connectivity index (χ4n) is 6.06. The first-order valence-electron chi connectivity index (χ1n) is 16.1. The number of furan rings is 1. The third kappa shape index (κ3) is 7.33. The van der Waals surface area contributed by atoms with Crippen LogP contribution >= 0.6 is 11.8 Å². The van der Waals surface area contributed by atoms with Crippen molar-refractivity contribution < 1.29 is 33.1 Å². The second-order valence-electron chi connectivity index (χ2n) is 11.9. The van der Waals surface area contributed by atoms with Crippen LogP contribution in [0.3, 0.4) is 0 Å². The van der Waals surface area contributed by atoms with Crippen LogP contribution in [0.2, 0.25) is 0 Å². The van der Waals surface area contributed by atoms with Crippen molar-refractivity contribution in [3.63, 3.8) is 0 Å². The molecule has 4 aromatic rings. The quantitative estimate of drug-likeness (QED) is 0.254. The Kier molecular flexibility index (Phi) is 10.3. The number of likely N-dealkylation sites (tertiary alicyclic amines) is 1. The van der Waals surface area contributed by atoms with Crippen molar-refractivity contribution in [1.29, 1.82) is 0 Å². The number of ether oxygens (including phenoxy) is 2. The van der Waals surface area contributed by atoms with Crippen LogP contribution in [-0.2, 0) is 9.59 Å². The summed E-state index contributed by atoms with van der Waals surface area (Å²) in [4.78, 5) is 67.8. The molecular formula is C35H38N6O7S. The molecule has 2 aliphatic heterocycles. The number of nitrogens with zero attached hydrogens (tertiary/aromatic N) is 5. The number of methoxy groups -OCH3 is 2. The maximum Gasteiger partial charge on any atom is 0.289 e. The molecule has 13 nitrogen and oxygen atoms in total. The van der Waals surface area contributed by atoms with E-state index in [1.54, 1.807) is 65.3 Å². The molecule has 0 spiro atoms. The van der Waals surface area contributed by atoms with E-state index in [9.17, 15) is 19.2 Å². The molecule has 6 rings (SSSR count). The number of hydrogen-bond acceptors (Lipinski definition) is 11. The zero-order valence-electron chi connectivity index (χ0n) is 27.6. The van der Waals surface area contributed by atoms with Gasteiger partial charge in [-0.15, -0.1) is 0 Å². The molecule has 0 aliphatic carbocycles. The number of carbonyl (C=O) groups excluding carboxylic acids is 4. The highest BCUT2D eigenvalue weighted by Gasteiger charge is 2.37. The van der Waals surface area contributed by atoms with Crippen LogP contribution in [0.4, 0.5) is 11.8 Å². The number of anilines is 2. The fourth-order valence-corrected chi connectivity index (χ4v) is 6.91. The molecule has 0 bridgehead atoms. The van der Waals surface area contributed by atoms with Gasteiger partial charge in [-0.1, -0.05) is 49.0 Å². The van der Waals surface area contributed by atoms with E-state index in [-0.39, 0.29) is 34.4 Å². The van der Waals surface area contributed by atoms with Gasteiger partial charge in [0.1, 0.15) is 11.9 Å². The van der Waals surface area contributed by atoms with Crippen molar-refractivity contribution >= 4 is 57.3 Å². The summed E-state index contributed by atoms with van der Waals surface area (Å²) in [6.07, 6.45) is 2.65. The smallest absolute Gasteiger partial charge is 0.289 e. The predicted molar refractivity (Wildman–Crippen MR) is 185 cm³/mol. The molecule has 3 amide bonds. The number of rotatable bonds is 10. The van der Waals surface area contributed by atoms with Crippen molar-refractivity contribution in [3.05, 3.63) is 72.2 Å². The minimum Gasteiger partial charge on any atom is -0.493 e. The summed E-state index contributed by atoms with van der Waals surface area (Å²) in [6, 6.07) is 15.0. The molecule has 0 saturated carbocycles. The Balaban J connectivity index is 1.19. The lowest BCUT2D eigenvalue weighted by molar-refractivity contribution is -0.139. The van der Waals surface area contributed by atoms with Gasteiger partial charge in [-0.25, -0.2) is 4.98 Å². The largest absolute Gasteiger partial charge is 0.493 e. The zero-order valence-corrected chi connectivity index (χ0v) is 28.4. The summed E-state index contributed by atoms with van der Waals surface area (Å²) in [5, 5.41) is 3.44. The topological polar surface area (TPSA) is 147 Å². The Morgan fingerprint density at radius 2 is 1.69 bits per heavy atom. The molecule has 2 atom stereocenters. The van der Waals surface area contributed by atoms with E-state index >= 15 is 0 Å². The molecular weight excluding hydrogens is 648 g/mol. The van der Waals surface area contributed by atoms with Gasteiger partial charge in [-0.3, -0.25) is 19.2 Å². The summed E-state index contributed by atoms with van der Waals surface area (Å²) >= 11 is 1.10. The Morgan fingerprint density at radius 1 is 0.959 bits per heavy atom. The molecule has 2 aromatic carbocycles. The first kappa shape index (κ1) is 33.8. The standard InChI is InChI=1S/C35H38N6O7S/c1-22(21-49-34(45)23-9-5-4-6-10-23)32(43)41-13-7-11-26(41)31(42)37-30-24-19-28(46-2)29(47-3)20-25(24)36-35(38-30)40-16-14-39(15-17-40)33(44)27-12-8-18-48-27/h4-6,8-10,12,18-20,22,26H,7,11,13-17,21H2,1-3H3,(H,36,37,38,42)/t22?,26-/m0/s1. The molecule has 14 heteroatoms. The van der Waals surface area contributed by atoms with Crippen molar-refractivity contribution in [1.82, 2.24) is 19.8 Å². The van der Waals surface area contributed by atoms with Crippen LogP contribution in [-0.4, -0.2) is 101 Å². The molecule has 2 saturated heterocycles. The Hall–Kier alpha value is -5.11. The van der Waals surface area contributed by atoms with Gasteiger partial charge in [-0.05, 0) is 31.0 Å². The van der Waals surface area contributed by atoms with Crippen molar-refractivity contribution in [2.45, 2.75) is 25.8 Å². The number of thioether (sulfide) groups is 1. The first-order chi connectivity index (χ1) is 23.8. The molecule has 49 heavy (non-hydrogen) atoms. The minimum absolute atomic E-state index is 0.0972. The fraction of sp³-hybridized carbons (Fsp3) is 0.371. The summed E-state index contributed by atoms with van der Waals surface area (Å²) in [6.45, 7) is 4.02. The lowest BCUT2D eigenvalue weighted by Gasteiger charge is -2.34. The van der Waals surface area contributed by atoms with Gasteiger partial charge in [0.2, 0.25) is 22.9 Å². The van der Waals surface area contributed by atoms with E-state index in [0.717, 1.165) is 11.8 Å². The van der Waals surface area contributed by atoms with Crippen LogP contribution in [0, 0.1) is 5.92 Å². The molecule has 0 radical (unpaired) electrons. The van der Waals surface area contributed by atoms with Crippen molar-refractivity contribution in [2.75, 3.05) is 62.9 Å². The van der Waals surface area contributed by atoms with Crippen LogP contribution < -0.4 is 19.7 Å². The molecule has 2 aromatic heterocycles. The SMILES string of the molecule is COc1cc2nc(N3CCN(C(=O)c4ccco4)CC3)nc(NC(=O)[C@@H]3CCCN3C(=O)C(C)CSC(=O)c3ccccc3)c2cc1OC. The summed E-state index contributed by atoms with van der Waals surface area (Å²) < 4.78 is 16.3. The number of fused-ring (bicyclic) bond motifs is 1. The van der Waals surface area contributed by atoms with E-state index in [0.29, 0.717) is 85.2 Å². The summed E-state index contributed by atoms with van der Waals surface area (Å²) in [5.74, 6) is 0.983. The number of benzene rings is 2. The average molecular weight is 687 g/mol. The Bertz CT molecular complexity index is 1830. The third-order valence-corrected chi connectivity index (χ3v) is 9.91. The molecule has 1 unspecified atom stereocenters. The highest BCUT2D eigenvalue weighted by atomic mass is 32.2. The van der Waals surface area contributed by atoms with Gasteiger partial charge >= 0.3 is 0 Å². The lowest BCUT2D eigenvalue weighted by atomic mass is 10.1. The Morgan fingerprint density at radius 3 is 2.39 bits per heavy atom. The summed E-state index contributed by atoms with van der Waals surface area (Å²) in [5.41, 5.74) is 1.11. The minimum atomic E-state index is -0.699. The Labute approximate surface area is 287 Å². The van der Waals surface area contributed by atoms with Crippen LogP contribution in [0.25, 0.3) is 10.9 Å². The average Bonchev–Trinajstić information content (AvgIpc) is 3.86. The third-order valence-electron chi connectivity index (χ3n) is 8.75. The number of aromatic nitrogens is 2. The van der Waals surface area contributed by atoms with E-state index in [1.807, 2.05) is 11.0 Å². The van der Waals surface area contributed by atoms with Crippen LogP contribution in [0.15, 0.2) is 65.3 Å². The van der Waals surface area contributed by atoms with Crippen molar-refractivity contribution in [2.24, 2.45) is 5.92 Å². The molecule has 2 fully saturated rings. The van der Waals surface area contributed by atoms with E-state index in [1.165, 1.54) is 20.5 Å². The number of carbonyl (C=O) groups is 4. The number of hydrogen-bond donors (Lipinski definition) is 1.